The number of nitrogens with zero attached hydrogens (tertiary/aromatic N) is 5. The van der Waals surface area contributed by atoms with E-state index in [1.807, 2.05) is 25.0 Å². The molecule has 0 aliphatic heterocycles. The number of anilines is 1. The fourth-order valence-corrected chi connectivity index (χ4v) is 2.70. The van der Waals surface area contributed by atoms with E-state index in [4.69, 9.17) is 4.98 Å². The Morgan fingerprint density at radius 1 is 1.38 bits per heavy atom. The first-order chi connectivity index (χ1) is 10.2. The van der Waals surface area contributed by atoms with Gasteiger partial charge in [-0.25, -0.2) is 9.97 Å². The van der Waals surface area contributed by atoms with Crippen molar-refractivity contribution in [1.29, 1.82) is 0 Å². The predicted octanol–water partition coefficient (Wildman–Crippen LogP) is 2.17. The van der Waals surface area contributed by atoms with E-state index in [1.54, 1.807) is 0 Å². The number of hydrogen-bond acceptors (Lipinski definition) is 5. The Morgan fingerprint density at radius 2 is 2.19 bits per heavy atom. The zero-order valence-electron chi connectivity index (χ0n) is 13.1. The summed E-state index contributed by atoms with van der Waals surface area (Å²) in [7, 11) is 3.82. The van der Waals surface area contributed by atoms with Crippen LogP contribution >= 0.6 is 0 Å². The van der Waals surface area contributed by atoms with Gasteiger partial charge < -0.3 is 5.32 Å². The molecule has 0 unspecified atom stereocenters. The van der Waals surface area contributed by atoms with Gasteiger partial charge in [-0.3, -0.25) is 9.58 Å². The number of nitrogens with one attached hydrogen (secondary N) is 1. The Bertz CT molecular complexity index is 616. The fraction of sp³-hybridized carbons (Fsp3) is 0.667. The van der Waals surface area contributed by atoms with Crippen molar-refractivity contribution in [3.63, 3.8) is 0 Å². The van der Waals surface area contributed by atoms with E-state index < -0.39 is 0 Å². The minimum absolute atomic E-state index is 0.736. The fourth-order valence-electron chi connectivity index (χ4n) is 2.70. The van der Waals surface area contributed by atoms with E-state index in [0.29, 0.717) is 0 Å². The van der Waals surface area contributed by atoms with Crippen molar-refractivity contribution < 1.29 is 0 Å². The lowest BCUT2D eigenvalue weighted by Crippen LogP contribution is -2.27. The molecule has 0 aromatic carbocycles. The maximum absolute atomic E-state index is 4.71. The summed E-state index contributed by atoms with van der Waals surface area (Å²) in [6, 6.07) is 0.736. The minimum atomic E-state index is 0.736. The molecule has 0 saturated heterocycles. The van der Waals surface area contributed by atoms with Gasteiger partial charge in [0, 0.05) is 20.1 Å². The third-order valence-electron chi connectivity index (χ3n) is 4.08. The molecule has 6 nitrogen and oxygen atoms in total. The van der Waals surface area contributed by atoms with Crippen LogP contribution in [0.3, 0.4) is 0 Å². The number of unbranched alkanes of at least 4 members (excludes halogenated alkanes) is 1. The molecule has 1 fully saturated rings. The third kappa shape index (κ3) is 3.00. The molecule has 1 aliphatic rings. The monoisotopic (exact) mass is 288 g/mol. The van der Waals surface area contributed by atoms with Gasteiger partial charge in [-0.05, 0) is 25.8 Å². The van der Waals surface area contributed by atoms with Gasteiger partial charge in [0.15, 0.2) is 5.65 Å². The molecule has 2 aromatic heterocycles. The summed E-state index contributed by atoms with van der Waals surface area (Å²) < 4.78 is 1.81. The minimum Gasteiger partial charge on any atom is -0.372 e. The molecule has 0 radical (unpaired) electrons. The predicted molar refractivity (Wildman–Crippen MR) is 84.2 cm³/mol. The molecular weight excluding hydrogens is 264 g/mol. The summed E-state index contributed by atoms with van der Waals surface area (Å²) in [6.07, 6.45) is 6.92. The maximum atomic E-state index is 4.71. The van der Waals surface area contributed by atoms with Gasteiger partial charge in [0.05, 0.1) is 18.1 Å². The molecule has 114 valence electrons. The zero-order valence-corrected chi connectivity index (χ0v) is 13.1. The van der Waals surface area contributed by atoms with Gasteiger partial charge in [-0.15, -0.1) is 0 Å². The lowest BCUT2D eigenvalue weighted by Gasteiger charge is -2.21. The number of aromatic nitrogens is 4. The first-order valence-electron chi connectivity index (χ1n) is 7.83. The van der Waals surface area contributed by atoms with Crippen LogP contribution in [-0.4, -0.2) is 44.3 Å². The largest absolute Gasteiger partial charge is 0.372 e. The number of rotatable bonds is 7. The summed E-state index contributed by atoms with van der Waals surface area (Å²) in [6.45, 7) is 4.21. The molecule has 1 saturated carbocycles. The highest BCUT2D eigenvalue weighted by atomic mass is 15.3. The van der Waals surface area contributed by atoms with Gasteiger partial charge in [-0.1, -0.05) is 13.3 Å². The Morgan fingerprint density at radius 3 is 2.86 bits per heavy atom. The normalized spacial score (nSPS) is 15.0. The molecular formula is C15H24N6. The second-order valence-electron chi connectivity index (χ2n) is 5.80. The van der Waals surface area contributed by atoms with E-state index >= 15 is 0 Å². The highest BCUT2D eigenvalue weighted by Crippen LogP contribution is 2.29. The van der Waals surface area contributed by atoms with Crippen molar-refractivity contribution in [3.8, 4) is 0 Å². The Hall–Kier alpha value is -1.69. The van der Waals surface area contributed by atoms with Gasteiger partial charge in [0.25, 0.3) is 0 Å². The van der Waals surface area contributed by atoms with E-state index in [9.17, 15) is 0 Å². The highest BCUT2D eigenvalue weighted by molar-refractivity contribution is 5.86. The molecule has 0 bridgehead atoms. The Kier molecular flexibility index (Phi) is 4.05. The van der Waals surface area contributed by atoms with Crippen LogP contribution in [0.5, 0.6) is 0 Å². The second-order valence-corrected chi connectivity index (χ2v) is 5.80. The van der Waals surface area contributed by atoms with Crippen LogP contribution in [0, 0.1) is 0 Å². The summed E-state index contributed by atoms with van der Waals surface area (Å²) in [4.78, 5) is 11.9. The highest BCUT2D eigenvalue weighted by Gasteiger charge is 2.29. The molecule has 3 rings (SSSR count). The molecule has 2 heterocycles. The molecule has 0 atom stereocenters. The van der Waals surface area contributed by atoms with Gasteiger partial charge in [-0.2, -0.15) is 5.10 Å². The van der Waals surface area contributed by atoms with Crippen LogP contribution in [-0.2, 0) is 13.6 Å². The van der Waals surface area contributed by atoms with Crippen LogP contribution in [0.25, 0.3) is 11.0 Å². The molecule has 1 aliphatic carbocycles. The standard InChI is InChI=1S/C15H24N6/c1-4-5-8-21(11-6-7-11)10-13-18-14(16-2)12-9-17-20(3)15(12)19-13/h9,11H,4-8,10H2,1-3H3,(H,16,18,19). The molecule has 6 heteroatoms. The topological polar surface area (TPSA) is 58.9 Å². The molecule has 0 spiro atoms. The van der Waals surface area contributed by atoms with Gasteiger partial charge in [0.2, 0.25) is 0 Å². The lowest BCUT2D eigenvalue weighted by atomic mass is 10.3. The summed E-state index contributed by atoms with van der Waals surface area (Å²) in [5, 5.41) is 8.43. The van der Waals surface area contributed by atoms with Crippen LogP contribution in [0.15, 0.2) is 6.20 Å². The number of hydrogen-bond donors (Lipinski definition) is 1. The number of fused-ring (bicyclic) bond motifs is 1. The Balaban J connectivity index is 1.86. The summed E-state index contributed by atoms with van der Waals surface area (Å²) in [5.41, 5.74) is 0.899. The van der Waals surface area contributed by atoms with Crippen molar-refractivity contribution in [2.75, 3.05) is 18.9 Å². The molecule has 21 heavy (non-hydrogen) atoms. The van der Waals surface area contributed by atoms with Gasteiger partial charge >= 0.3 is 0 Å². The maximum Gasteiger partial charge on any atom is 0.163 e. The SMILES string of the molecule is CCCCN(Cc1nc(NC)c2cnn(C)c2n1)C1CC1. The second kappa shape index (κ2) is 5.97. The third-order valence-corrected chi connectivity index (χ3v) is 4.08. The lowest BCUT2D eigenvalue weighted by molar-refractivity contribution is 0.245. The van der Waals surface area contributed by atoms with Crippen LogP contribution < -0.4 is 5.32 Å². The average Bonchev–Trinajstić information content (AvgIpc) is 3.27. The van der Waals surface area contributed by atoms with E-state index in [0.717, 1.165) is 41.8 Å². The van der Waals surface area contributed by atoms with Gasteiger partial charge in [0.1, 0.15) is 11.6 Å². The van der Waals surface area contributed by atoms with Crippen molar-refractivity contribution in [1.82, 2.24) is 24.6 Å². The summed E-state index contributed by atoms with van der Waals surface area (Å²) in [5.74, 6) is 1.76. The van der Waals surface area contributed by atoms with Crippen molar-refractivity contribution in [2.45, 2.75) is 45.2 Å². The number of aryl methyl sites for hydroxylation is 1. The van der Waals surface area contributed by atoms with Crippen LogP contribution in [0.2, 0.25) is 0 Å². The molecule has 2 aromatic rings. The first kappa shape index (κ1) is 14.3. The smallest absolute Gasteiger partial charge is 0.163 e. The summed E-state index contributed by atoms with van der Waals surface area (Å²) >= 11 is 0. The zero-order chi connectivity index (χ0) is 14.8. The van der Waals surface area contributed by atoms with E-state index in [-0.39, 0.29) is 0 Å². The van der Waals surface area contributed by atoms with Crippen molar-refractivity contribution >= 4 is 16.9 Å². The molecule has 0 amide bonds. The Labute approximate surface area is 125 Å². The first-order valence-corrected chi connectivity index (χ1v) is 7.83. The van der Waals surface area contributed by atoms with Crippen molar-refractivity contribution in [2.24, 2.45) is 7.05 Å². The van der Waals surface area contributed by atoms with E-state index in [1.165, 1.54) is 25.7 Å². The van der Waals surface area contributed by atoms with Crippen LogP contribution in [0.1, 0.15) is 38.4 Å². The van der Waals surface area contributed by atoms with Crippen molar-refractivity contribution in [3.05, 3.63) is 12.0 Å². The quantitative estimate of drug-likeness (QED) is 0.846. The molecule has 1 N–H and O–H groups in total. The van der Waals surface area contributed by atoms with E-state index in [2.05, 4.69) is 27.2 Å². The van der Waals surface area contributed by atoms with Crippen LogP contribution in [0.4, 0.5) is 5.82 Å². The average molecular weight is 288 g/mol.